The van der Waals surface area contributed by atoms with E-state index in [-0.39, 0.29) is 24.1 Å². The topological polar surface area (TPSA) is 52.6 Å². The molecule has 2 aliphatic rings. The van der Waals surface area contributed by atoms with Crippen molar-refractivity contribution in [3.63, 3.8) is 0 Å². The molecule has 2 fully saturated rings. The number of rotatable bonds is 12. The van der Waals surface area contributed by atoms with Gasteiger partial charge in [0.1, 0.15) is 12.2 Å². The zero-order valence-corrected chi connectivity index (χ0v) is 26.0. The summed E-state index contributed by atoms with van der Waals surface area (Å²) in [6.07, 6.45) is -0.196. The second-order valence-corrected chi connectivity index (χ2v) is 16.9. The molecule has 6 unspecified atom stereocenters. The Balaban J connectivity index is 1.35. The van der Waals surface area contributed by atoms with E-state index in [2.05, 4.69) is 37.4 Å². The van der Waals surface area contributed by atoms with Gasteiger partial charge in [0.2, 0.25) is 0 Å². The van der Waals surface area contributed by atoms with E-state index >= 15 is 0 Å². The monoisotopic (exact) mass is 602 g/mol. The molecule has 4 nitrogen and oxygen atoms in total. The predicted octanol–water partition coefficient (Wildman–Crippen LogP) is 7.24. The Morgan fingerprint density at radius 1 is 0.833 bits per heavy atom. The van der Waals surface area contributed by atoms with Crippen molar-refractivity contribution in [2.45, 2.75) is 69.4 Å². The van der Waals surface area contributed by atoms with Gasteiger partial charge < -0.3 is 9.47 Å². The lowest BCUT2D eigenvalue weighted by Gasteiger charge is -2.19. The highest BCUT2D eigenvalue weighted by atomic mass is 32.2. The second-order valence-electron chi connectivity index (χ2n) is 8.75. The minimum atomic E-state index is -0.299. The van der Waals surface area contributed by atoms with E-state index in [9.17, 15) is 9.59 Å². The number of esters is 2. The average molecular weight is 603 g/mol. The number of ether oxygens (including phenoxy) is 2. The predicted molar refractivity (Wildman–Crippen MR) is 164 cm³/mol. The molecule has 2 heterocycles. The van der Waals surface area contributed by atoms with Crippen LogP contribution in [0.15, 0.2) is 58.4 Å². The molecule has 1 aromatic rings. The number of hydrogen-bond donors (Lipinski definition) is 0. The van der Waals surface area contributed by atoms with Gasteiger partial charge in [0, 0.05) is 43.9 Å². The highest BCUT2D eigenvalue weighted by Gasteiger charge is 2.33. The van der Waals surface area contributed by atoms with Gasteiger partial charge in [0.05, 0.1) is 19.7 Å². The molecule has 0 radical (unpaired) electrons. The summed E-state index contributed by atoms with van der Waals surface area (Å²) in [5.41, 5.74) is 0.903. The van der Waals surface area contributed by atoms with E-state index in [1.807, 2.05) is 84.4 Å². The number of hydrogen-bond acceptors (Lipinski definition) is 10. The largest absolute Gasteiger partial charge is 0.458 e. The van der Waals surface area contributed by atoms with Crippen LogP contribution in [0.2, 0.25) is 0 Å². The summed E-state index contributed by atoms with van der Waals surface area (Å²) < 4.78 is 12.0. The number of thioether (sulfide) groups is 6. The lowest BCUT2D eigenvalue weighted by Crippen LogP contribution is -2.26. The second kappa shape index (κ2) is 14.8. The van der Waals surface area contributed by atoms with Crippen LogP contribution in [-0.4, -0.2) is 66.8 Å². The maximum absolute atomic E-state index is 11.8. The number of carbonyl (C=O) groups excluding carboxylic acids is 2. The smallest absolute Gasteiger partial charge is 0.333 e. The molecule has 0 bridgehead atoms. The average Bonchev–Trinajstić information content (AvgIpc) is 3.52. The van der Waals surface area contributed by atoms with Crippen molar-refractivity contribution in [2.24, 2.45) is 0 Å². The first kappa shape index (κ1) is 30.3. The molecule has 2 aliphatic heterocycles. The van der Waals surface area contributed by atoms with Crippen LogP contribution in [0.25, 0.3) is 0 Å². The van der Waals surface area contributed by atoms with Crippen molar-refractivity contribution < 1.29 is 19.1 Å². The Morgan fingerprint density at radius 3 is 1.53 bits per heavy atom. The molecule has 36 heavy (non-hydrogen) atoms. The molecule has 0 aromatic heterocycles. The third-order valence-corrected chi connectivity index (χ3v) is 15.4. The molecule has 1 aromatic carbocycles. The number of benzene rings is 1. The SMILES string of the molecule is C=C(C)C(=O)OC(C)C1CSC(CSc2ccc(SCC3SCC(C(C)OC(=O)C(=C)C)S3)cc2)S1. The van der Waals surface area contributed by atoms with Gasteiger partial charge in [0.15, 0.2) is 0 Å². The van der Waals surface area contributed by atoms with Crippen LogP contribution in [0.4, 0.5) is 0 Å². The molecule has 2 saturated heterocycles. The van der Waals surface area contributed by atoms with Gasteiger partial charge in [-0.3, -0.25) is 0 Å². The molecule has 10 heteroatoms. The quantitative estimate of drug-likeness (QED) is 0.139. The fraction of sp³-hybridized carbons (Fsp3) is 0.538. The molecule has 3 rings (SSSR count). The van der Waals surface area contributed by atoms with Crippen molar-refractivity contribution in [3.8, 4) is 0 Å². The van der Waals surface area contributed by atoms with E-state index in [1.54, 1.807) is 13.8 Å². The standard InChI is InChI=1S/C26H34O4S6/c1-15(2)25(27)29-17(5)21-11-33-23(35-21)13-31-19-7-9-20(10-8-19)32-14-24-34-12-22(36-24)18(6)30-26(28)16(3)4/h7-10,17-18,21-24H,1,3,11-14H2,2,4-6H3. The third-order valence-electron chi connectivity index (χ3n) is 5.47. The Labute approximate surface area is 241 Å². The van der Waals surface area contributed by atoms with Gasteiger partial charge in [-0.25, -0.2) is 9.59 Å². The molecular formula is C26H34O4S6. The van der Waals surface area contributed by atoms with Crippen LogP contribution in [0.3, 0.4) is 0 Å². The molecule has 0 amide bonds. The van der Waals surface area contributed by atoms with Crippen LogP contribution in [0.5, 0.6) is 0 Å². The summed E-state index contributed by atoms with van der Waals surface area (Å²) in [5, 5.41) is 0.657. The molecule has 6 atom stereocenters. The van der Waals surface area contributed by atoms with Crippen LogP contribution in [0.1, 0.15) is 27.7 Å². The van der Waals surface area contributed by atoms with Crippen LogP contribution >= 0.6 is 70.6 Å². The van der Waals surface area contributed by atoms with Crippen molar-refractivity contribution in [3.05, 3.63) is 48.6 Å². The van der Waals surface area contributed by atoms with E-state index in [4.69, 9.17) is 9.47 Å². The van der Waals surface area contributed by atoms with Crippen molar-refractivity contribution >= 4 is 82.5 Å². The molecule has 0 saturated carbocycles. The molecule has 198 valence electrons. The summed E-state index contributed by atoms with van der Waals surface area (Å²) in [4.78, 5) is 26.1. The van der Waals surface area contributed by atoms with Gasteiger partial charge in [-0.05, 0) is 52.0 Å². The Hall–Kier alpha value is -0.260. The Morgan fingerprint density at radius 2 is 1.19 bits per heavy atom. The van der Waals surface area contributed by atoms with E-state index < -0.39 is 0 Å². The van der Waals surface area contributed by atoms with Crippen molar-refractivity contribution in [1.82, 2.24) is 0 Å². The van der Waals surface area contributed by atoms with Crippen molar-refractivity contribution in [2.75, 3.05) is 23.0 Å². The number of carbonyl (C=O) groups is 2. The van der Waals surface area contributed by atoms with E-state index in [1.165, 1.54) is 9.79 Å². The van der Waals surface area contributed by atoms with E-state index in [0.717, 1.165) is 23.0 Å². The summed E-state index contributed by atoms with van der Waals surface area (Å²) >= 11 is 11.5. The third kappa shape index (κ3) is 9.49. The first-order valence-electron chi connectivity index (χ1n) is 11.7. The Kier molecular flexibility index (Phi) is 12.4. The van der Waals surface area contributed by atoms with Gasteiger partial charge in [-0.1, -0.05) is 13.2 Å². The zero-order chi connectivity index (χ0) is 26.2. The summed E-state index contributed by atoms with van der Waals surface area (Å²) in [6.45, 7) is 14.7. The fourth-order valence-electron chi connectivity index (χ4n) is 3.27. The molecular weight excluding hydrogens is 569 g/mol. The van der Waals surface area contributed by atoms with Gasteiger partial charge in [-0.2, -0.15) is 0 Å². The van der Waals surface area contributed by atoms with Crippen molar-refractivity contribution in [1.29, 1.82) is 0 Å². The summed E-state index contributed by atoms with van der Waals surface area (Å²) in [6, 6.07) is 8.84. The van der Waals surface area contributed by atoms with Gasteiger partial charge in [-0.15, -0.1) is 70.6 Å². The molecule has 0 aliphatic carbocycles. The molecule has 0 spiro atoms. The first-order chi connectivity index (χ1) is 17.1. The highest BCUT2D eigenvalue weighted by molar-refractivity contribution is 8.22. The summed E-state index contributed by atoms with van der Waals surface area (Å²) in [7, 11) is 0. The summed E-state index contributed by atoms with van der Waals surface area (Å²) in [5.74, 6) is 3.47. The lowest BCUT2D eigenvalue weighted by molar-refractivity contribution is -0.144. The van der Waals surface area contributed by atoms with Gasteiger partial charge >= 0.3 is 11.9 Å². The Bertz CT molecular complexity index is 862. The van der Waals surface area contributed by atoms with Crippen LogP contribution in [0, 0.1) is 0 Å². The maximum atomic E-state index is 11.8. The molecule has 0 N–H and O–H groups in total. The zero-order valence-electron chi connectivity index (χ0n) is 21.1. The maximum Gasteiger partial charge on any atom is 0.333 e. The highest BCUT2D eigenvalue weighted by Crippen LogP contribution is 2.44. The minimum absolute atomic E-state index is 0.0981. The minimum Gasteiger partial charge on any atom is -0.458 e. The van der Waals surface area contributed by atoms with Gasteiger partial charge in [0.25, 0.3) is 0 Å². The first-order valence-corrected chi connectivity index (χ1v) is 17.7. The normalized spacial score (nSPS) is 25.2. The fourth-order valence-corrected chi connectivity index (χ4v) is 12.5. The van der Waals surface area contributed by atoms with E-state index in [0.29, 0.717) is 30.8 Å². The lowest BCUT2D eigenvalue weighted by atomic mass is 10.3. The van der Waals surface area contributed by atoms with Crippen LogP contribution < -0.4 is 0 Å². The van der Waals surface area contributed by atoms with Crippen LogP contribution in [-0.2, 0) is 19.1 Å².